The predicted molar refractivity (Wildman–Crippen MR) is 141 cm³/mol. The Morgan fingerprint density at radius 1 is 1.23 bits per heavy atom. The van der Waals surface area contributed by atoms with Gasteiger partial charge < -0.3 is 9.84 Å². The van der Waals surface area contributed by atoms with Gasteiger partial charge >= 0.3 is 5.97 Å². The van der Waals surface area contributed by atoms with Gasteiger partial charge in [-0.15, -0.1) is 11.3 Å². The first-order valence-electron chi connectivity index (χ1n) is 11.1. The van der Waals surface area contributed by atoms with Crippen molar-refractivity contribution in [2.24, 2.45) is 5.92 Å². The van der Waals surface area contributed by atoms with Gasteiger partial charge in [0.25, 0.3) is 5.91 Å². The summed E-state index contributed by atoms with van der Waals surface area (Å²) in [5, 5.41) is 12.8. The molecule has 0 radical (unpaired) electrons. The van der Waals surface area contributed by atoms with Crippen LogP contribution in [0, 0.1) is 5.92 Å². The number of amides is 1. The summed E-state index contributed by atoms with van der Waals surface area (Å²) >= 11 is 14.0. The number of nitrogens with zero attached hydrogens (tertiary/aromatic N) is 1. The number of carbonyl (C=O) groups is 2. The molecule has 9 heteroatoms. The molecule has 1 aliphatic carbocycles. The Kier molecular flexibility index (Phi) is 7.50. The molecule has 182 valence electrons. The van der Waals surface area contributed by atoms with Crippen LogP contribution in [0.15, 0.2) is 35.9 Å². The molecule has 0 unspecified atom stereocenters. The van der Waals surface area contributed by atoms with E-state index in [0.29, 0.717) is 23.2 Å². The standard InChI is InChI=1S/C26H24Cl2N2O4S/c1-13(2)12-34-21-6-4-5-17-16(21)7-8-22-23(17)29-26(35-22)30-24(31)15-10-19(27)18(20(28)11-15)9-14(3)25(32)33/h4-6,9-11,13H,7-8,12H2,1-3H3,(H,32,33)(H,29,30,31)/b14-9+. The van der Waals surface area contributed by atoms with Gasteiger partial charge in [0.2, 0.25) is 0 Å². The number of aryl methyl sites for hydroxylation is 1. The molecule has 3 aromatic rings. The van der Waals surface area contributed by atoms with E-state index >= 15 is 0 Å². The Hall–Kier alpha value is -2.87. The molecule has 0 saturated heterocycles. The molecular formula is C26H24Cl2N2O4S. The Morgan fingerprint density at radius 2 is 1.94 bits per heavy atom. The number of nitrogens with one attached hydrogen (secondary N) is 1. The fraction of sp³-hybridized carbons (Fsp3) is 0.269. The number of carbonyl (C=O) groups excluding carboxylic acids is 1. The summed E-state index contributed by atoms with van der Waals surface area (Å²) in [4.78, 5) is 29.9. The number of hydrogen-bond acceptors (Lipinski definition) is 5. The van der Waals surface area contributed by atoms with Gasteiger partial charge in [0.05, 0.1) is 22.3 Å². The highest BCUT2D eigenvalue weighted by Crippen LogP contribution is 2.41. The predicted octanol–water partition coefficient (Wildman–Crippen LogP) is 6.99. The van der Waals surface area contributed by atoms with Crippen LogP contribution >= 0.6 is 34.5 Å². The lowest BCUT2D eigenvalue weighted by atomic mass is 9.93. The van der Waals surface area contributed by atoms with Gasteiger partial charge in [0.1, 0.15) is 5.75 Å². The Bertz CT molecular complexity index is 1320. The van der Waals surface area contributed by atoms with Crippen molar-refractivity contribution in [3.8, 4) is 17.0 Å². The molecule has 0 atom stereocenters. The number of benzene rings is 2. The summed E-state index contributed by atoms with van der Waals surface area (Å²) in [5.74, 6) is -0.164. The molecule has 1 heterocycles. The van der Waals surface area contributed by atoms with Crippen LogP contribution in [0.2, 0.25) is 10.0 Å². The fourth-order valence-electron chi connectivity index (χ4n) is 3.76. The number of rotatable bonds is 7. The monoisotopic (exact) mass is 530 g/mol. The second-order valence-electron chi connectivity index (χ2n) is 8.72. The molecule has 35 heavy (non-hydrogen) atoms. The lowest BCUT2D eigenvalue weighted by Gasteiger charge is -2.19. The maximum Gasteiger partial charge on any atom is 0.331 e. The van der Waals surface area contributed by atoms with Crippen molar-refractivity contribution in [2.45, 2.75) is 33.6 Å². The summed E-state index contributed by atoms with van der Waals surface area (Å²) in [5.41, 5.74) is 3.72. The molecule has 0 saturated carbocycles. The zero-order chi connectivity index (χ0) is 25.3. The minimum Gasteiger partial charge on any atom is -0.493 e. The average Bonchev–Trinajstić information content (AvgIpc) is 3.22. The number of aliphatic carboxylic acids is 1. The largest absolute Gasteiger partial charge is 0.493 e. The smallest absolute Gasteiger partial charge is 0.331 e. The van der Waals surface area contributed by atoms with Crippen LogP contribution in [-0.4, -0.2) is 28.6 Å². The summed E-state index contributed by atoms with van der Waals surface area (Å²) in [6.45, 7) is 6.32. The van der Waals surface area contributed by atoms with Gasteiger partial charge in [-0.3, -0.25) is 10.1 Å². The molecule has 1 aliphatic rings. The maximum absolute atomic E-state index is 12.9. The van der Waals surface area contributed by atoms with E-state index in [0.717, 1.165) is 40.3 Å². The quantitative estimate of drug-likeness (QED) is 0.321. The molecule has 0 aliphatic heterocycles. The second-order valence-corrected chi connectivity index (χ2v) is 10.6. The van der Waals surface area contributed by atoms with E-state index in [9.17, 15) is 9.59 Å². The average molecular weight is 531 g/mol. The molecule has 1 amide bonds. The Labute approximate surface area is 217 Å². The first kappa shape index (κ1) is 25.2. The lowest BCUT2D eigenvalue weighted by Crippen LogP contribution is -2.12. The molecule has 0 bridgehead atoms. The highest BCUT2D eigenvalue weighted by molar-refractivity contribution is 7.16. The molecule has 0 spiro atoms. The third-order valence-corrected chi connectivity index (χ3v) is 7.18. The van der Waals surface area contributed by atoms with Crippen molar-refractivity contribution in [3.05, 3.63) is 67.5 Å². The Morgan fingerprint density at radius 3 is 2.60 bits per heavy atom. The van der Waals surface area contributed by atoms with E-state index in [-0.39, 0.29) is 21.2 Å². The van der Waals surface area contributed by atoms with Crippen LogP contribution in [-0.2, 0) is 17.6 Å². The number of hydrogen-bond donors (Lipinski definition) is 2. The number of thiazole rings is 1. The molecule has 4 rings (SSSR count). The SMILES string of the molecule is C/C(=C\c1c(Cl)cc(C(=O)Nc2nc3c(s2)CCc2c(OCC(C)C)cccc2-3)cc1Cl)C(=O)O. The first-order chi connectivity index (χ1) is 16.6. The highest BCUT2D eigenvalue weighted by Gasteiger charge is 2.24. The number of fused-ring (bicyclic) bond motifs is 3. The summed E-state index contributed by atoms with van der Waals surface area (Å²) in [7, 11) is 0. The minimum absolute atomic E-state index is 0.0809. The fourth-order valence-corrected chi connectivity index (χ4v) is 5.33. The van der Waals surface area contributed by atoms with E-state index in [4.69, 9.17) is 38.0 Å². The minimum atomic E-state index is -1.08. The van der Waals surface area contributed by atoms with E-state index < -0.39 is 11.9 Å². The zero-order valence-corrected chi connectivity index (χ0v) is 21.8. The number of anilines is 1. The van der Waals surface area contributed by atoms with Crippen molar-refractivity contribution in [2.75, 3.05) is 11.9 Å². The molecule has 1 aromatic heterocycles. The molecule has 6 nitrogen and oxygen atoms in total. The Balaban J connectivity index is 1.57. The second kappa shape index (κ2) is 10.4. The number of carboxylic acids is 1. The van der Waals surface area contributed by atoms with E-state index in [1.54, 1.807) is 0 Å². The van der Waals surface area contributed by atoms with Crippen LogP contribution in [0.5, 0.6) is 5.75 Å². The summed E-state index contributed by atoms with van der Waals surface area (Å²) in [6.07, 6.45) is 3.04. The maximum atomic E-state index is 12.9. The summed E-state index contributed by atoms with van der Waals surface area (Å²) < 4.78 is 6.02. The number of ether oxygens (including phenoxy) is 1. The van der Waals surface area contributed by atoms with Crippen molar-refractivity contribution >= 4 is 57.6 Å². The van der Waals surface area contributed by atoms with Crippen LogP contribution in [0.1, 0.15) is 47.1 Å². The van der Waals surface area contributed by atoms with Gasteiger partial charge in [0, 0.05) is 32.7 Å². The molecule has 2 aromatic carbocycles. The van der Waals surface area contributed by atoms with Gasteiger partial charge in [-0.05, 0) is 50.0 Å². The highest BCUT2D eigenvalue weighted by atomic mass is 35.5. The number of halogens is 2. The third kappa shape index (κ3) is 5.53. The number of carboxylic acid groups (broad SMARTS) is 1. The normalized spacial score (nSPS) is 12.8. The van der Waals surface area contributed by atoms with E-state index in [2.05, 4.69) is 19.2 Å². The van der Waals surface area contributed by atoms with Crippen molar-refractivity contribution in [1.29, 1.82) is 0 Å². The lowest BCUT2D eigenvalue weighted by molar-refractivity contribution is -0.132. The van der Waals surface area contributed by atoms with E-state index in [1.165, 1.54) is 36.5 Å². The number of aromatic nitrogens is 1. The molecule has 0 fully saturated rings. The van der Waals surface area contributed by atoms with Gasteiger partial charge in [0.15, 0.2) is 5.13 Å². The summed E-state index contributed by atoms with van der Waals surface area (Å²) in [6, 6.07) is 8.92. The first-order valence-corrected chi connectivity index (χ1v) is 12.7. The van der Waals surface area contributed by atoms with Crippen LogP contribution in [0.3, 0.4) is 0 Å². The molecular weight excluding hydrogens is 507 g/mol. The van der Waals surface area contributed by atoms with Gasteiger partial charge in [-0.2, -0.15) is 0 Å². The topological polar surface area (TPSA) is 88.5 Å². The van der Waals surface area contributed by atoms with Gasteiger partial charge in [-0.25, -0.2) is 9.78 Å². The molecule has 2 N–H and O–H groups in total. The van der Waals surface area contributed by atoms with Crippen LogP contribution < -0.4 is 10.1 Å². The zero-order valence-electron chi connectivity index (χ0n) is 19.4. The third-order valence-electron chi connectivity index (χ3n) is 5.52. The van der Waals surface area contributed by atoms with Crippen molar-refractivity contribution in [1.82, 2.24) is 4.98 Å². The van der Waals surface area contributed by atoms with Crippen molar-refractivity contribution in [3.63, 3.8) is 0 Å². The van der Waals surface area contributed by atoms with Gasteiger partial charge in [-0.1, -0.05) is 49.2 Å². The van der Waals surface area contributed by atoms with Crippen LogP contribution in [0.25, 0.3) is 17.3 Å². The van der Waals surface area contributed by atoms with Crippen LogP contribution in [0.4, 0.5) is 5.13 Å². The van der Waals surface area contributed by atoms with Crippen molar-refractivity contribution < 1.29 is 19.4 Å². The van der Waals surface area contributed by atoms with E-state index in [1.807, 2.05) is 18.2 Å².